The van der Waals surface area contributed by atoms with Crippen LogP contribution in [0.5, 0.6) is 0 Å². The first-order valence-corrected chi connectivity index (χ1v) is 7.55. The third kappa shape index (κ3) is 4.21. The molecule has 0 aliphatic rings. The molecule has 3 unspecified atom stereocenters. The first kappa shape index (κ1) is 16.3. The van der Waals surface area contributed by atoms with Crippen molar-refractivity contribution in [2.45, 2.75) is 45.3 Å². The Balaban J connectivity index is 1.90. The molecule has 1 amide bonds. The molecule has 0 aliphatic carbocycles. The Hall–Kier alpha value is -2.07. The summed E-state index contributed by atoms with van der Waals surface area (Å²) in [6.45, 7) is 5.78. The van der Waals surface area contributed by atoms with Gasteiger partial charge in [0.05, 0.1) is 12.2 Å². The topological polar surface area (TPSA) is 62.5 Å². The van der Waals surface area contributed by atoms with Gasteiger partial charge in [0, 0.05) is 12.5 Å². The molecular formula is C18H23NO3. The van der Waals surface area contributed by atoms with Gasteiger partial charge in [-0.05, 0) is 38.5 Å². The maximum Gasteiger partial charge on any atom is 0.227 e. The molecule has 0 saturated carbocycles. The maximum absolute atomic E-state index is 12.3. The Morgan fingerprint density at radius 2 is 2.05 bits per heavy atom. The fourth-order valence-electron chi connectivity index (χ4n) is 2.45. The smallest absolute Gasteiger partial charge is 0.227 e. The van der Waals surface area contributed by atoms with Gasteiger partial charge in [-0.15, -0.1) is 0 Å². The number of hydrogen-bond donors (Lipinski definition) is 2. The summed E-state index contributed by atoms with van der Waals surface area (Å²) in [7, 11) is 0. The average molecular weight is 301 g/mol. The van der Waals surface area contributed by atoms with Gasteiger partial charge in [0.1, 0.15) is 11.9 Å². The number of hydrogen-bond acceptors (Lipinski definition) is 3. The summed E-state index contributed by atoms with van der Waals surface area (Å²) in [6.07, 6.45) is 1.24. The quantitative estimate of drug-likeness (QED) is 0.860. The molecule has 2 N–H and O–H groups in total. The van der Waals surface area contributed by atoms with E-state index in [-0.39, 0.29) is 17.9 Å². The van der Waals surface area contributed by atoms with Crippen LogP contribution in [0.4, 0.5) is 0 Å². The Morgan fingerprint density at radius 1 is 1.27 bits per heavy atom. The molecule has 1 aromatic heterocycles. The van der Waals surface area contributed by atoms with Gasteiger partial charge in [-0.25, -0.2) is 0 Å². The van der Waals surface area contributed by atoms with E-state index in [0.717, 1.165) is 11.1 Å². The number of aliphatic hydroxyl groups excluding tert-OH is 1. The Kier molecular flexibility index (Phi) is 5.39. The van der Waals surface area contributed by atoms with E-state index in [1.54, 1.807) is 12.1 Å². The van der Waals surface area contributed by atoms with Crippen molar-refractivity contribution in [1.29, 1.82) is 0 Å². The zero-order valence-electron chi connectivity index (χ0n) is 13.2. The third-order valence-corrected chi connectivity index (χ3v) is 3.77. The lowest BCUT2D eigenvalue weighted by atomic mass is 9.98. The highest BCUT2D eigenvalue weighted by atomic mass is 16.4. The number of carbonyl (C=O) groups excluding carboxylic acids is 1. The molecule has 3 atom stereocenters. The molecule has 2 rings (SSSR count). The molecular weight excluding hydrogens is 278 g/mol. The SMILES string of the molecule is Cc1cccc(C(C)C(=O)NC(C)CC(O)c2ccco2)c1. The zero-order chi connectivity index (χ0) is 16.1. The fourth-order valence-corrected chi connectivity index (χ4v) is 2.45. The molecule has 4 heteroatoms. The Morgan fingerprint density at radius 3 is 2.68 bits per heavy atom. The predicted molar refractivity (Wildman–Crippen MR) is 85.5 cm³/mol. The highest BCUT2D eigenvalue weighted by Crippen LogP contribution is 2.20. The number of furan rings is 1. The Bertz CT molecular complexity index is 607. The van der Waals surface area contributed by atoms with E-state index in [1.165, 1.54) is 6.26 Å². The number of rotatable bonds is 6. The van der Waals surface area contributed by atoms with Crippen molar-refractivity contribution in [3.05, 3.63) is 59.5 Å². The van der Waals surface area contributed by atoms with Crippen LogP contribution in [0, 0.1) is 6.92 Å². The first-order chi connectivity index (χ1) is 10.5. The fraction of sp³-hybridized carbons (Fsp3) is 0.389. The van der Waals surface area contributed by atoms with Crippen LogP contribution in [-0.2, 0) is 4.79 Å². The van der Waals surface area contributed by atoms with Gasteiger partial charge in [0.25, 0.3) is 0 Å². The van der Waals surface area contributed by atoms with Crippen LogP contribution in [0.1, 0.15) is 49.2 Å². The van der Waals surface area contributed by atoms with Gasteiger partial charge in [-0.3, -0.25) is 4.79 Å². The molecule has 0 aliphatic heterocycles. The summed E-state index contributed by atoms with van der Waals surface area (Å²) in [5.74, 6) is 0.265. The summed E-state index contributed by atoms with van der Waals surface area (Å²) in [5, 5.41) is 13.0. The summed E-state index contributed by atoms with van der Waals surface area (Å²) in [4.78, 5) is 12.3. The molecule has 22 heavy (non-hydrogen) atoms. The summed E-state index contributed by atoms with van der Waals surface area (Å²) in [6, 6.07) is 11.3. The minimum Gasteiger partial charge on any atom is -0.467 e. The van der Waals surface area contributed by atoms with Crippen LogP contribution in [0.25, 0.3) is 0 Å². The van der Waals surface area contributed by atoms with E-state index in [1.807, 2.05) is 45.0 Å². The largest absolute Gasteiger partial charge is 0.467 e. The molecule has 1 aromatic carbocycles. The van der Waals surface area contributed by atoms with Crippen LogP contribution in [0.2, 0.25) is 0 Å². The molecule has 0 fully saturated rings. The lowest BCUT2D eigenvalue weighted by Crippen LogP contribution is -2.36. The van der Waals surface area contributed by atoms with E-state index in [2.05, 4.69) is 5.32 Å². The number of benzene rings is 1. The van der Waals surface area contributed by atoms with Gasteiger partial charge >= 0.3 is 0 Å². The van der Waals surface area contributed by atoms with Crippen LogP contribution in [0.3, 0.4) is 0 Å². The van der Waals surface area contributed by atoms with Crippen molar-refractivity contribution in [3.63, 3.8) is 0 Å². The summed E-state index contributed by atoms with van der Waals surface area (Å²) in [5.41, 5.74) is 2.13. The zero-order valence-corrected chi connectivity index (χ0v) is 13.2. The molecule has 118 valence electrons. The monoisotopic (exact) mass is 301 g/mol. The summed E-state index contributed by atoms with van der Waals surface area (Å²) >= 11 is 0. The highest BCUT2D eigenvalue weighted by Gasteiger charge is 2.20. The van der Waals surface area contributed by atoms with Crippen molar-refractivity contribution >= 4 is 5.91 Å². The van der Waals surface area contributed by atoms with Gasteiger partial charge in [0.2, 0.25) is 5.91 Å². The minimum atomic E-state index is -0.709. The van der Waals surface area contributed by atoms with E-state index in [4.69, 9.17) is 4.42 Å². The number of aryl methyl sites for hydroxylation is 1. The van der Waals surface area contributed by atoms with Crippen molar-refractivity contribution in [1.82, 2.24) is 5.32 Å². The van der Waals surface area contributed by atoms with E-state index in [9.17, 15) is 9.90 Å². The number of nitrogens with one attached hydrogen (secondary N) is 1. The predicted octanol–water partition coefficient (Wildman–Crippen LogP) is 3.32. The van der Waals surface area contributed by atoms with Crippen molar-refractivity contribution in [2.75, 3.05) is 0 Å². The van der Waals surface area contributed by atoms with E-state index in [0.29, 0.717) is 12.2 Å². The van der Waals surface area contributed by atoms with Crippen LogP contribution >= 0.6 is 0 Å². The maximum atomic E-state index is 12.3. The van der Waals surface area contributed by atoms with Gasteiger partial charge in [0.15, 0.2) is 0 Å². The lowest BCUT2D eigenvalue weighted by molar-refractivity contribution is -0.123. The molecule has 2 aromatic rings. The van der Waals surface area contributed by atoms with Gasteiger partial charge < -0.3 is 14.8 Å². The molecule has 1 heterocycles. The normalized spacial score (nSPS) is 15.1. The Labute approximate surface area is 131 Å². The average Bonchev–Trinajstić information content (AvgIpc) is 3.00. The molecule has 0 bridgehead atoms. The van der Waals surface area contributed by atoms with Crippen LogP contribution < -0.4 is 5.32 Å². The lowest BCUT2D eigenvalue weighted by Gasteiger charge is -2.20. The van der Waals surface area contributed by atoms with Gasteiger partial charge in [-0.2, -0.15) is 0 Å². The van der Waals surface area contributed by atoms with Crippen molar-refractivity contribution in [3.8, 4) is 0 Å². The minimum absolute atomic E-state index is 0.0373. The second-order valence-electron chi connectivity index (χ2n) is 5.81. The van der Waals surface area contributed by atoms with Crippen LogP contribution in [-0.4, -0.2) is 17.1 Å². The standard InChI is InChI=1S/C18H23NO3/c1-12-6-4-7-15(10-12)14(3)18(21)19-13(2)11-16(20)17-8-5-9-22-17/h4-10,13-14,16,20H,11H2,1-3H3,(H,19,21). The molecule has 4 nitrogen and oxygen atoms in total. The van der Waals surface area contributed by atoms with Crippen LogP contribution in [0.15, 0.2) is 47.1 Å². The number of carbonyl (C=O) groups is 1. The number of aliphatic hydroxyl groups is 1. The van der Waals surface area contributed by atoms with Crippen molar-refractivity contribution in [2.24, 2.45) is 0 Å². The number of amides is 1. The van der Waals surface area contributed by atoms with E-state index >= 15 is 0 Å². The summed E-state index contributed by atoms with van der Waals surface area (Å²) < 4.78 is 5.17. The van der Waals surface area contributed by atoms with Gasteiger partial charge in [-0.1, -0.05) is 29.8 Å². The van der Waals surface area contributed by atoms with E-state index < -0.39 is 6.10 Å². The highest BCUT2D eigenvalue weighted by molar-refractivity contribution is 5.83. The first-order valence-electron chi connectivity index (χ1n) is 7.55. The third-order valence-electron chi connectivity index (χ3n) is 3.77. The molecule has 0 spiro atoms. The second kappa shape index (κ2) is 7.27. The van der Waals surface area contributed by atoms with Crippen molar-refractivity contribution < 1.29 is 14.3 Å². The molecule has 0 saturated heterocycles. The molecule has 0 radical (unpaired) electrons. The second-order valence-corrected chi connectivity index (χ2v) is 5.81.